The number of phenols is 1. The summed E-state index contributed by atoms with van der Waals surface area (Å²) in [6.45, 7) is 4.54. The first-order valence-corrected chi connectivity index (χ1v) is 10.4. The second-order valence-electron chi connectivity index (χ2n) is 9.31. The number of ether oxygens (including phenoxy) is 1. The van der Waals surface area contributed by atoms with Crippen LogP contribution in [0.4, 0.5) is 0 Å². The highest BCUT2D eigenvalue weighted by molar-refractivity contribution is 5.89. The number of hydrogen-bond acceptors (Lipinski definition) is 4. The zero-order valence-electron chi connectivity index (χ0n) is 15.8. The molecule has 1 aromatic rings. The van der Waals surface area contributed by atoms with Crippen LogP contribution in [-0.2, 0) is 16.6 Å². The van der Waals surface area contributed by atoms with Gasteiger partial charge in [0.15, 0.2) is 23.4 Å². The number of carbonyl (C=O) groups is 1. The Hall–Kier alpha value is -1.26. The number of nitrogens with zero attached hydrogens (tertiary/aromatic N) is 1. The topological polar surface area (TPSA) is 49.8 Å². The van der Waals surface area contributed by atoms with E-state index in [1.807, 2.05) is 0 Å². The lowest BCUT2D eigenvalue weighted by atomic mass is 9.48. The Bertz CT molecular complexity index is 807. The van der Waals surface area contributed by atoms with Gasteiger partial charge in [0.25, 0.3) is 0 Å². The number of likely N-dealkylation sites (tertiary alicyclic amines) is 1. The lowest BCUT2D eigenvalue weighted by Crippen LogP contribution is -2.68. The van der Waals surface area contributed by atoms with Gasteiger partial charge in [0.2, 0.25) is 0 Å². The molecule has 6 rings (SSSR count). The standard InChI is InChI=1S/C22H27NO3.ClH/c1-2-13-10-17(25)21-22-7-8-23(11-12-3-4-12)15(18(13)22)9-14-5-6-16(24)20(26-21)19(14)22;/h5-6,12-13,15,18,21,24H,2-4,7-11H2,1H3;1H/t13?,15-,18+,21?,22+;/m1./s1. The molecular weight excluding hydrogens is 362 g/mol. The predicted octanol–water partition coefficient (Wildman–Crippen LogP) is 3.47. The molecule has 1 N–H and O–H groups in total. The molecule has 1 spiro atoms. The van der Waals surface area contributed by atoms with Gasteiger partial charge in [-0.2, -0.15) is 0 Å². The average Bonchev–Trinajstić information content (AvgIpc) is 3.38. The van der Waals surface area contributed by atoms with Crippen LogP contribution in [0.15, 0.2) is 12.1 Å². The molecule has 5 heteroatoms. The Balaban J connectivity index is 0.00000160. The maximum Gasteiger partial charge on any atom is 0.174 e. The van der Waals surface area contributed by atoms with E-state index in [2.05, 4.69) is 17.9 Å². The first kappa shape index (κ1) is 17.8. The summed E-state index contributed by atoms with van der Waals surface area (Å²) in [5.74, 6) is 2.91. The van der Waals surface area contributed by atoms with E-state index in [-0.39, 0.29) is 35.5 Å². The number of carbonyl (C=O) groups excluding carboxylic acids is 1. The van der Waals surface area contributed by atoms with E-state index in [0.29, 0.717) is 30.0 Å². The van der Waals surface area contributed by atoms with Crippen molar-refractivity contribution in [2.45, 2.75) is 63.0 Å². The Morgan fingerprint density at radius 3 is 2.85 bits per heavy atom. The van der Waals surface area contributed by atoms with Crippen molar-refractivity contribution in [1.29, 1.82) is 0 Å². The third-order valence-corrected chi connectivity index (χ3v) is 8.09. The number of piperidine rings is 1. The van der Waals surface area contributed by atoms with Crippen LogP contribution < -0.4 is 4.74 Å². The average molecular weight is 390 g/mol. The Kier molecular flexibility index (Phi) is 3.87. The van der Waals surface area contributed by atoms with Gasteiger partial charge in [0, 0.05) is 30.0 Å². The molecule has 1 saturated heterocycles. The van der Waals surface area contributed by atoms with Crippen molar-refractivity contribution < 1.29 is 14.6 Å². The van der Waals surface area contributed by atoms with Crippen molar-refractivity contribution in [3.05, 3.63) is 23.3 Å². The highest BCUT2D eigenvalue weighted by atomic mass is 35.5. The number of ketones is 1. The van der Waals surface area contributed by atoms with Gasteiger partial charge >= 0.3 is 0 Å². The molecule has 2 aliphatic heterocycles. The summed E-state index contributed by atoms with van der Waals surface area (Å²) in [7, 11) is 0. The van der Waals surface area contributed by atoms with Crippen LogP contribution in [0.3, 0.4) is 0 Å². The van der Waals surface area contributed by atoms with Crippen LogP contribution in [-0.4, -0.2) is 41.0 Å². The first-order chi connectivity index (χ1) is 12.6. The number of aromatic hydroxyl groups is 1. The molecule has 4 nitrogen and oxygen atoms in total. The molecule has 2 unspecified atom stereocenters. The second kappa shape index (κ2) is 5.87. The molecule has 3 fully saturated rings. The maximum atomic E-state index is 13.0. The summed E-state index contributed by atoms with van der Waals surface area (Å²) in [5, 5.41) is 10.4. The fourth-order valence-electron chi connectivity index (χ4n) is 6.91. The van der Waals surface area contributed by atoms with E-state index >= 15 is 0 Å². The third-order valence-electron chi connectivity index (χ3n) is 8.09. The van der Waals surface area contributed by atoms with Crippen LogP contribution in [0.2, 0.25) is 0 Å². The first-order valence-electron chi connectivity index (χ1n) is 10.4. The second-order valence-corrected chi connectivity index (χ2v) is 9.31. The van der Waals surface area contributed by atoms with E-state index in [0.717, 1.165) is 31.7 Å². The fourth-order valence-corrected chi connectivity index (χ4v) is 6.91. The van der Waals surface area contributed by atoms with Gasteiger partial charge in [-0.3, -0.25) is 9.69 Å². The largest absolute Gasteiger partial charge is 0.504 e. The summed E-state index contributed by atoms with van der Waals surface area (Å²) in [6, 6.07) is 4.38. The summed E-state index contributed by atoms with van der Waals surface area (Å²) >= 11 is 0. The zero-order valence-corrected chi connectivity index (χ0v) is 16.6. The third kappa shape index (κ3) is 2.17. The number of Topliss-reactive ketones (excluding diaryl/α,β-unsaturated/α-hetero) is 1. The van der Waals surface area contributed by atoms with Crippen molar-refractivity contribution >= 4 is 18.2 Å². The highest BCUT2D eigenvalue weighted by Crippen LogP contribution is 2.64. The molecule has 1 aromatic carbocycles. The Labute approximate surface area is 166 Å². The van der Waals surface area contributed by atoms with Gasteiger partial charge in [-0.05, 0) is 61.6 Å². The molecule has 0 aromatic heterocycles. The fraction of sp³-hybridized carbons (Fsp3) is 0.682. The van der Waals surface area contributed by atoms with E-state index in [1.54, 1.807) is 6.07 Å². The van der Waals surface area contributed by atoms with Gasteiger partial charge in [0.05, 0.1) is 0 Å². The number of phenolic OH excluding ortho intramolecular Hbond substituents is 1. The quantitative estimate of drug-likeness (QED) is 0.860. The lowest BCUT2D eigenvalue weighted by molar-refractivity contribution is -0.145. The number of benzene rings is 1. The van der Waals surface area contributed by atoms with Crippen LogP contribution in [0.25, 0.3) is 0 Å². The minimum atomic E-state index is -0.372. The SMILES string of the molecule is CCC1CC(=O)C2Oc3c(O)ccc4c3[C@@]23CCN(CC2CC2)[C@H](C4)[C@H]13.Cl. The van der Waals surface area contributed by atoms with Gasteiger partial charge in [-0.25, -0.2) is 0 Å². The lowest BCUT2D eigenvalue weighted by Gasteiger charge is -2.60. The van der Waals surface area contributed by atoms with Gasteiger partial charge in [0.1, 0.15) is 0 Å². The number of hydrogen-bond donors (Lipinski definition) is 1. The minimum Gasteiger partial charge on any atom is -0.504 e. The summed E-state index contributed by atoms with van der Waals surface area (Å²) in [4.78, 5) is 15.8. The minimum absolute atomic E-state index is 0. The molecule has 0 amide bonds. The molecule has 146 valence electrons. The Morgan fingerprint density at radius 2 is 2.11 bits per heavy atom. The molecule has 27 heavy (non-hydrogen) atoms. The monoisotopic (exact) mass is 389 g/mol. The molecule has 5 aliphatic rings. The summed E-state index contributed by atoms with van der Waals surface area (Å²) < 4.78 is 6.23. The molecule has 3 aliphatic carbocycles. The van der Waals surface area contributed by atoms with Crippen molar-refractivity contribution in [2.24, 2.45) is 17.8 Å². The van der Waals surface area contributed by atoms with Gasteiger partial charge in [-0.15, -0.1) is 12.4 Å². The molecule has 5 atom stereocenters. The van der Waals surface area contributed by atoms with Crippen LogP contribution in [0.1, 0.15) is 50.2 Å². The Morgan fingerprint density at radius 1 is 1.30 bits per heavy atom. The molecule has 2 bridgehead atoms. The van der Waals surface area contributed by atoms with E-state index < -0.39 is 0 Å². The van der Waals surface area contributed by atoms with E-state index in [1.165, 1.54) is 30.5 Å². The van der Waals surface area contributed by atoms with Gasteiger partial charge in [-0.1, -0.05) is 19.4 Å². The maximum absolute atomic E-state index is 13.0. The summed E-state index contributed by atoms with van der Waals surface area (Å²) in [6.07, 6.45) is 6.14. The van der Waals surface area contributed by atoms with Crippen LogP contribution in [0, 0.1) is 17.8 Å². The number of halogens is 1. The molecular formula is C22H28ClNO3. The summed E-state index contributed by atoms with van der Waals surface area (Å²) in [5.41, 5.74) is 2.32. The molecule has 2 heterocycles. The molecule has 2 saturated carbocycles. The van der Waals surface area contributed by atoms with E-state index in [9.17, 15) is 9.90 Å². The zero-order chi connectivity index (χ0) is 17.6. The van der Waals surface area contributed by atoms with Crippen molar-refractivity contribution in [2.75, 3.05) is 13.1 Å². The highest BCUT2D eigenvalue weighted by Gasteiger charge is 2.68. The number of rotatable bonds is 3. The smallest absolute Gasteiger partial charge is 0.174 e. The van der Waals surface area contributed by atoms with Crippen molar-refractivity contribution in [1.82, 2.24) is 4.90 Å². The molecule has 0 radical (unpaired) electrons. The van der Waals surface area contributed by atoms with E-state index in [4.69, 9.17) is 4.74 Å². The van der Waals surface area contributed by atoms with Crippen molar-refractivity contribution in [3.63, 3.8) is 0 Å². The predicted molar refractivity (Wildman–Crippen MR) is 105 cm³/mol. The van der Waals surface area contributed by atoms with Gasteiger partial charge < -0.3 is 9.84 Å². The van der Waals surface area contributed by atoms with Crippen LogP contribution in [0.5, 0.6) is 11.5 Å². The van der Waals surface area contributed by atoms with Crippen molar-refractivity contribution in [3.8, 4) is 11.5 Å². The van der Waals surface area contributed by atoms with Crippen LogP contribution >= 0.6 is 12.4 Å². The normalized spacial score (nSPS) is 38.8.